The number of nitrogens with zero attached hydrogens (tertiary/aromatic N) is 2. The van der Waals surface area contributed by atoms with E-state index in [4.69, 9.17) is 9.72 Å². The van der Waals surface area contributed by atoms with Crippen molar-refractivity contribution in [2.75, 3.05) is 31.2 Å². The van der Waals surface area contributed by atoms with Gasteiger partial charge >= 0.3 is 0 Å². The number of hydrogen-bond acceptors (Lipinski definition) is 4. The Bertz CT molecular complexity index is 1070. The summed E-state index contributed by atoms with van der Waals surface area (Å²) in [5.74, 6) is 0. The molecule has 29 heavy (non-hydrogen) atoms. The molecule has 3 aromatic carbocycles. The van der Waals surface area contributed by atoms with Crippen molar-refractivity contribution >= 4 is 16.3 Å². The SMILES string of the molecule is c1ccc(-c2ccc(-c3nc(-c4ccccc4)c(N4CCOCC4)s3)cc2)cc1. The van der Waals surface area contributed by atoms with E-state index in [0.717, 1.165) is 48.1 Å². The fraction of sp³-hybridized carbons (Fsp3) is 0.160. The molecule has 144 valence electrons. The van der Waals surface area contributed by atoms with Gasteiger partial charge in [-0.05, 0) is 11.1 Å². The third-order valence-electron chi connectivity index (χ3n) is 5.19. The van der Waals surface area contributed by atoms with Gasteiger partial charge < -0.3 is 9.64 Å². The lowest BCUT2D eigenvalue weighted by Gasteiger charge is -2.28. The minimum atomic E-state index is 0.771. The molecule has 1 aliphatic rings. The van der Waals surface area contributed by atoms with Crippen LogP contribution in [0.15, 0.2) is 84.9 Å². The first-order chi connectivity index (χ1) is 14.4. The molecule has 5 rings (SSSR count). The summed E-state index contributed by atoms with van der Waals surface area (Å²) in [6.45, 7) is 3.36. The second-order valence-corrected chi connectivity index (χ2v) is 8.06. The van der Waals surface area contributed by atoms with Crippen molar-refractivity contribution < 1.29 is 4.74 Å². The summed E-state index contributed by atoms with van der Waals surface area (Å²) in [5.41, 5.74) is 5.85. The first kappa shape index (κ1) is 18.1. The number of rotatable bonds is 4. The largest absolute Gasteiger partial charge is 0.378 e. The molecule has 1 aromatic heterocycles. The summed E-state index contributed by atoms with van der Waals surface area (Å²) in [5, 5.41) is 2.30. The quantitative estimate of drug-likeness (QED) is 0.423. The molecule has 0 saturated carbocycles. The van der Waals surface area contributed by atoms with Crippen molar-refractivity contribution in [3.05, 3.63) is 84.9 Å². The smallest absolute Gasteiger partial charge is 0.126 e. The van der Waals surface area contributed by atoms with Crippen LogP contribution in [0, 0.1) is 0 Å². The highest BCUT2D eigenvalue weighted by Crippen LogP contribution is 2.40. The van der Waals surface area contributed by atoms with E-state index in [1.54, 1.807) is 11.3 Å². The van der Waals surface area contributed by atoms with E-state index in [2.05, 4.69) is 77.7 Å². The van der Waals surface area contributed by atoms with Crippen LogP contribution in [0.5, 0.6) is 0 Å². The van der Waals surface area contributed by atoms with Gasteiger partial charge in [-0.2, -0.15) is 0 Å². The van der Waals surface area contributed by atoms with Gasteiger partial charge in [0.15, 0.2) is 0 Å². The van der Waals surface area contributed by atoms with Crippen molar-refractivity contribution in [2.24, 2.45) is 0 Å². The van der Waals surface area contributed by atoms with Crippen LogP contribution in [0.25, 0.3) is 33.0 Å². The molecule has 0 aliphatic carbocycles. The van der Waals surface area contributed by atoms with E-state index in [9.17, 15) is 0 Å². The van der Waals surface area contributed by atoms with Crippen LogP contribution in [0.4, 0.5) is 5.00 Å². The Morgan fingerprint density at radius 3 is 1.86 bits per heavy atom. The Kier molecular flexibility index (Phi) is 5.11. The highest BCUT2D eigenvalue weighted by molar-refractivity contribution is 7.19. The first-order valence-electron chi connectivity index (χ1n) is 9.93. The highest BCUT2D eigenvalue weighted by Gasteiger charge is 2.21. The standard InChI is InChI=1S/C25H22N2OS/c1-3-7-19(8-4-1)20-11-13-22(14-12-20)24-26-23(21-9-5-2-6-10-21)25(29-24)27-15-17-28-18-16-27/h1-14H,15-18H2. The second kappa shape index (κ2) is 8.19. The summed E-state index contributed by atoms with van der Waals surface area (Å²) in [7, 11) is 0. The molecule has 4 aromatic rings. The lowest BCUT2D eigenvalue weighted by Crippen LogP contribution is -2.35. The zero-order chi connectivity index (χ0) is 19.5. The number of morpholine rings is 1. The maximum Gasteiger partial charge on any atom is 0.126 e. The normalized spacial score (nSPS) is 14.1. The third kappa shape index (κ3) is 3.82. The van der Waals surface area contributed by atoms with Crippen molar-refractivity contribution in [2.45, 2.75) is 0 Å². The number of anilines is 1. The van der Waals surface area contributed by atoms with Crippen molar-refractivity contribution in [3.8, 4) is 33.0 Å². The Hall–Kier alpha value is -2.95. The predicted octanol–water partition coefficient (Wildman–Crippen LogP) is 5.98. The van der Waals surface area contributed by atoms with Gasteiger partial charge in [0, 0.05) is 24.2 Å². The molecular weight excluding hydrogens is 376 g/mol. The van der Waals surface area contributed by atoms with E-state index in [-0.39, 0.29) is 0 Å². The van der Waals surface area contributed by atoms with Crippen molar-refractivity contribution in [1.29, 1.82) is 0 Å². The maximum atomic E-state index is 5.56. The van der Waals surface area contributed by atoms with Gasteiger partial charge in [-0.15, -0.1) is 0 Å². The van der Waals surface area contributed by atoms with Crippen LogP contribution < -0.4 is 4.90 Å². The zero-order valence-electron chi connectivity index (χ0n) is 16.1. The predicted molar refractivity (Wildman–Crippen MR) is 121 cm³/mol. The Balaban J connectivity index is 1.52. The molecule has 0 atom stereocenters. The van der Waals surface area contributed by atoms with Crippen LogP contribution >= 0.6 is 11.3 Å². The Morgan fingerprint density at radius 1 is 0.655 bits per heavy atom. The molecule has 1 aliphatic heterocycles. The minimum absolute atomic E-state index is 0.771. The molecule has 0 spiro atoms. The summed E-state index contributed by atoms with van der Waals surface area (Å²) in [6, 6.07) is 29.7. The van der Waals surface area contributed by atoms with Crippen LogP contribution in [0.2, 0.25) is 0 Å². The summed E-state index contributed by atoms with van der Waals surface area (Å²) < 4.78 is 5.56. The van der Waals surface area contributed by atoms with Gasteiger partial charge in [0.2, 0.25) is 0 Å². The van der Waals surface area contributed by atoms with Gasteiger partial charge in [-0.1, -0.05) is 96.3 Å². The molecule has 1 fully saturated rings. The van der Waals surface area contributed by atoms with E-state index < -0.39 is 0 Å². The van der Waals surface area contributed by atoms with Gasteiger partial charge in [0.1, 0.15) is 15.7 Å². The number of hydrogen-bond donors (Lipinski definition) is 0. The molecule has 0 bridgehead atoms. The molecular formula is C25H22N2OS. The summed E-state index contributed by atoms with van der Waals surface area (Å²) in [6.07, 6.45) is 0. The topological polar surface area (TPSA) is 25.4 Å². The maximum absolute atomic E-state index is 5.56. The van der Waals surface area contributed by atoms with Gasteiger partial charge in [0.25, 0.3) is 0 Å². The number of aromatic nitrogens is 1. The fourth-order valence-corrected chi connectivity index (χ4v) is 4.78. The average Bonchev–Trinajstić information content (AvgIpc) is 3.27. The van der Waals surface area contributed by atoms with E-state index in [1.165, 1.54) is 16.1 Å². The number of thiazole rings is 1. The van der Waals surface area contributed by atoms with Crippen LogP contribution in [-0.4, -0.2) is 31.3 Å². The van der Waals surface area contributed by atoms with Gasteiger partial charge in [-0.25, -0.2) is 4.98 Å². The first-order valence-corrected chi connectivity index (χ1v) is 10.7. The Labute approximate surface area is 175 Å². The molecule has 3 nitrogen and oxygen atoms in total. The number of ether oxygens (including phenoxy) is 1. The van der Waals surface area contributed by atoms with Crippen molar-refractivity contribution in [3.63, 3.8) is 0 Å². The second-order valence-electron chi connectivity index (χ2n) is 7.08. The lowest BCUT2D eigenvalue weighted by molar-refractivity contribution is 0.123. The monoisotopic (exact) mass is 398 g/mol. The average molecular weight is 399 g/mol. The molecule has 0 N–H and O–H groups in total. The van der Waals surface area contributed by atoms with Gasteiger partial charge in [-0.3, -0.25) is 0 Å². The third-order valence-corrected chi connectivity index (χ3v) is 6.36. The van der Waals surface area contributed by atoms with E-state index >= 15 is 0 Å². The molecule has 1 saturated heterocycles. The molecule has 4 heteroatoms. The summed E-state index contributed by atoms with van der Waals surface area (Å²) in [4.78, 5) is 7.47. The summed E-state index contributed by atoms with van der Waals surface area (Å²) >= 11 is 1.77. The van der Waals surface area contributed by atoms with E-state index in [1.807, 2.05) is 12.1 Å². The zero-order valence-corrected chi connectivity index (χ0v) is 16.9. The van der Waals surface area contributed by atoms with Crippen LogP contribution in [-0.2, 0) is 4.74 Å². The van der Waals surface area contributed by atoms with Crippen LogP contribution in [0.1, 0.15) is 0 Å². The lowest BCUT2D eigenvalue weighted by atomic mass is 10.0. The van der Waals surface area contributed by atoms with E-state index in [0.29, 0.717) is 0 Å². The van der Waals surface area contributed by atoms with Crippen molar-refractivity contribution in [1.82, 2.24) is 4.98 Å². The molecule has 0 amide bonds. The fourth-order valence-electron chi connectivity index (χ4n) is 3.64. The Morgan fingerprint density at radius 2 is 1.21 bits per heavy atom. The highest BCUT2D eigenvalue weighted by atomic mass is 32.1. The molecule has 2 heterocycles. The minimum Gasteiger partial charge on any atom is -0.378 e. The van der Waals surface area contributed by atoms with Crippen LogP contribution in [0.3, 0.4) is 0 Å². The van der Waals surface area contributed by atoms with Gasteiger partial charge in [0.05, 0.1) is 13.2 Å². The molecule has 0 radical (unpaired) electrons. The molecule has 0 unspecified atom stereocenters. The number of benzene rings is 3.